The minimum Gasteiger partial charge on any atom is -0.448 e. The maximum Gasteiger partial charge on any atom is 0.276 e. The van der Waals surface area contributed by atoms with Crippen LogP contribution in [0.15, 0.2) is 10.8 Å². The van der Waals surface area contributed by atoms with Gasteiger partial charge in [0, 0.05) is 20.7 Å². The fraction of sp³-hybridized carbons (Fsp3) is 0.643. The number of hydrogen-bond acceptors (Lipinski definition) is 5. The molecular weight excluding hydrogens is 274 g/mol. The summed E-state index contributed by atoms with van der Waals surface area (Å²) in [4.78, 5) is 30.2. The quantitative estimate of drug-likeness (QED) is 0.866. The first-order chi connectivity index (χ1) is 10.0. The number of amides is 2. The fourth-order valence-electron chi connectivity index (χ4n) is 2.93. The number of hydrogen-bond donors (Lipinski definition) is 1. The van der Waals surface area contributed by atoms with Crippen LogP contribution in [0.4, 0.5) is 0 Å². The molecule has 1 saturated heterocycles. The van der Waals surface area contributed by atoms with Crippen LogP contribution in [0.1, 0.15) is 35.5 Å². The summed E-state index contributed by atoms with van der Waals surface area (Å²) in [5.74, 6) is 0.168. The van der Waals surface area contributed by atoms with Gasteiger partial charge in [-0.2, -0.15) is 0 Å². The maximum atomic E-state index is 12.7. The first-order valence-electron chi connectivity index (χ1n) is 6.95. The van der Waals surface area contributed by atoms with E-state index in [0.29, 0.717) is 24.6 Å². The first-order valence-corrected chi connectivity index (χ1v) is 6.95. The highest BCUT2D eigenvalue weighted by Gasteiger charge is 2.46. The number of ether oxygens (including phenoxy) is 1. The zero-order valence-electron chi connectivity index (χ0n) is 12.6. The van der Waals surface area contributed by atoms with E-state index in [-0.39, 0.29) is 18.2 Å². The second kappa shape index (κ2) is 6.26. The number of carbonyl (C=O) groups is 2. The summed E-state index contributed by atoms with van der Waals surface area (Å²) in [6.45, 7) is 2.61. The van der Waals surface area contributed by atoms with Crippen molar-refractivity contribution in [2.45, 2.75) is 31.7 Å². The van der Waals surface area contributed by atoms with Crippen molar-refractivity contribution in [1.82, 2.24) is 15.2 Å². The Labute approximate surface area is 123 Å². The molecule has 1 fully saturated rings. The van der Waals surface area contributed by atoms with Gasteiger partial charge in [0.25, 0.3) is 5.91 Å². The highest BCUT2D eigenvalue weighted by molar-refractivity contribution is 5.94. The van der Waals surface area contributed by atoms with Crippen molar-refractivity contribution in [2.24, 2.45) is 0 Å². The topological polar surface area (TPSA) is 84.7 Å². The number of aromatic nitrogens is 1. The van der Waals surface area contributed by atoms with Crippen LogP contribution >= 0.6 is 0 Å². The van der Waals surface area contributed by atoms with E-state index < -0.39 is 5.54 Å². The van der Waals surface area contributed by atoms with Gasteiger partial charge in [0.15, 0.2) is 12.1 Å². The van der Waals surface area contributed by atoms with Gasteiger partial charge < -0.3 is 19.4 Å². The summed E-state index contributed by atoms with van der Waals surface area (Å²) < 4.78 is 10.4. The van der Waals surface area contributed by atoms with Gasteiger partial charge in [0.2, 0.25) is 5.91 Å². The monoisotopic (exact) mass is 295 g/mol. The van der Waals surface area contributed by atoms with Crippen molar-refractivity contribution in [3.05, 3.63) is 17.8 Å². The zero-order chi connectivity index (χ0) is 15.5. The van der Waals surface area contributed by atoms with E-state index in [1.54, 1.807) is 26.0 Å². The normalized spacial score (nSPS) is 21.6. The maximum absolute atomic E-state index is 12.7. The van der Waals surface area contributed by atoms with Crippen molar-refractivity contribution in [3.63, 3.8) is 0 Å². The van der Waals surface area contributed by atoms with E-state index in [2.05, 4.69) is 10.3 Å². The number of aryl methyl sites for hydroxylation is 1. The highest BCUT2D eigenvalue weighted by atomic mass is 16.5. The summed E-state index contributed by atoms with van der Waals surface area (Å²) in [7, 11) is 3.17. The predicted molar refractivity (Wildman–Crippen MR) is 74.8 cm³/mol. The van der Waals surface area contributed by atoms with Gasteiger partial charge in [-0.3, -0.25) is 9.59 Å². The van der Waals surface area contributed by atoms with Gasteiger partial charge in [-0.05, 0) is 19.8 Å². The molecule has 0 unspecified atom stereocenters. The van der Waals surface area contributed by atoms with E-state index in [1.165, 1.54) is 6.39 Å². The molecule has 7 heteroatoms. The highest BCUT2D eigenvalue weighted by Crippen LogP contribution is 2.34. The average Bonchev–Trinajstić information content (AvgIpc) is 3.05. The molecule has 116 valence electrons. The Hall–Kier alpha value is -1.89. The van der Waals surface area contributed by atoms with Crippen LogP contribution in [-0.2, 0) is 9.53 Å². The molecule has 0 radical (unpaired) electrons. The van der Waals surface area contributed by atoms with E-state index in [1.807, 2.05) is 0 Å². The van der Waals surface area contributed by atoms with Crippen molar-refractivity contribution >= 4 is 11.8 Å². The third kappa shape index (κ3) is 2.92. The number of rotatable bonds is 5. The number of methoxy groups -OCH3 is 1. The molecule has 1 aliphatic rings. The van der Waals surface area contributed by atoms with E-state index in [9.17, 15) is 9.59 Å². The van der Waals surface area contributed by atoms with E-state index >= 15 is 0 Å². The Kier molecular flexibility index (Phi) is 4.62. The number of carbonyl (C=O) groups excluding carboxylic acids is 2. The van der Waals surface area contributed by atoms with Crippen LogP contribution in [0.2, 0.25) is 0 Å². The molecule has 1 aromatic heterocycles. The van der Waals surface area contributed by atoms with Crippen LogP contribution < -0.4 is 5.32 Å². The Balaban J connectivity index is 2.29. The molecule has 1 atom stereocenters. The summed E-state index contributed by atoms with van der Waals surface area (Å²) in [6, 6.07) is 0. The van der Waals surface area contributed by atoms with Gasteiger partial charge in [-0.1, -0.05) is 0 Å². The Morgan fingerprint density at radius 3 is 2.90 bits per heavy atom. The molecule has 2 rings (SSSR count). The smallest absolute Gasteiger partial charge is 0.276 e. The average molecular weight is 295 g/mol. The largest absolute Gasteiger partial charge is 0.448 e. The van der Waals surface area contributed by atoms with Crippen LogP contribution in [-0.4, -0.2) is 54.5 Å². The Bertz CT molecular complexity index is 528. The molecule has 1 aliphatic heterocycles. The van der Waals surface area contributed by atoms with Crippen LogP contribution in [0.25, 0.3) is 0 Å². The summed E-state index contributed by atoms with van der Waals surface area (Å²) in [5, 5.41) is 2.61. The van der Waals surface area contributed by atoms with Gasteiger partial charge in [0.1, 0.15) is 5.76 Å². The summed E-state index contributed by atoms with van der Waals surface area (Å²) >= 11 is 0. The Morgan fingerprint density at radius 1 is 1.57 bits per heavy atom. The molecule has 21 heavy (non-hydrogen) atoms. The molecule has 7 nitrogen and oxygen atoms in total. The lowest BCUT2D eigenvalue weighted by Crippen LogP contribution is -2.53. The number of nitrogens with one attached hydrogen (secondary N) is 1. The molecule has 0 saturated carbocycles. The van der Waals surface area contributed by atoms with Gasteiger partial charge in [0.05, 0.1) is 18.6 Å². The van der Waals surface area contributed by atoms with Crippen molar-refractivity contribution in [1.29, 1.82) is 0 Å². The second-order valence-corrected chi connectivity index (χ2v) is 5.32. The zero-order valence-corrected chi connectivity index (χ0v) is 12.6. The minimum atomic E-state index is -0.614. The lowest BCUT2D eigenvalue weighted by atomic mass is 9.92. The fourth-order valence-corrected chi connectivity index (χ4v) is 2.93. The van der Waals surface area contributed by atoms with Crippen molar-refractivity contribution in [3.8, 4) is 0 Å². The predicted octanol–water partition coefficient (Wildman–Crippen LogP) is 0.740. The van der Waals surface area contributed by atoms with E-state index in [0.717, 1.165) is 12.8 Å². The first kappa shape index (κ1) is 15.5. The van der Waals surface area contributed by atoms with Gasteiger partial charge in [-0.25, -0.2) is 4.98 Å². The molecule has 2 heterocycles. The van der Waals surface area contributed by atoms with Crippen LogP contribution in [0.3, 0.4) is 0 Å². The summed E-state index contributed by atoms with van der Waals surface area (Å²) in [5.41, 5.74) is -0.314. The lowest BCUT2D eigenvalue weighted by molar-refractivity contribution is -0.123. The number of nitrogens with zero attached hydrogens (tertiary/aromatic N) is 2. The standard InChI is InChI=1S/C14H21N3O4/c1-10-12(16-9-21-10)13(19)17-6-4-5-14(17,8-20-3)7-11(18)15-2/h9H,4-8H2,1-3H3,(H,15,18)/t14-/m0/s1. The Morgan fingerprint density at radius 2 is 2.33 bits per heavy atom. The van der Waals surface area contributed by atoms with Crippen LogP contribution in [0.5, 0.6) is 0 Å². The van der Waals surface area contributed by atoms with Gasteiger partial charge in [-0.15, -0.1) is 0 Å². The molecule has 0 bridgehead atoms. The molecule has 1 aromatic rings. The third-order valence-corrected chi connectivity index (χ3v) is 3.97. The third-order valence-electron chi connectivity index (χ3n) is 3.97. The molecule has 2 amide bonds. The SMILES string of the molecule is CNC(=O)C[C@]1(COC)CCCN1C(=O)c1ncoc1C. The van der Waals surface area contributed by atoms with Crippen molar-refractivity contribution in [2.75, 3.05) is 27.3 Å². The molecule has 0 aromatic carbocycles. The lowest BCUT2D eigenvalue weighted by Gasteiger charge is -2.37. The van der Waals surface area contributed by atoms with Crippen LogP contribution in [0, 0.1) is 6.92 Å². The van der Waals surface area contributed by atoms with E-state index in [4.69, 9.17) is 9.15 Å². The molecular formula is C14H21N3O4. The molecule has 0 spiro atoms. The molecule has 1 N–H and O–H groups in total. The molecule has 0 aliphatic carbocycles. The minimum absolute atomic E-state index is 0.108. The van der Waals surface area contributed by atoms with Crippen molar-refractivity contribution < 1.29 is 18.7 Å². The summed E-state index contributed by atoms with van der Waals surface area (Å²) in [6.07, 6.45) is 3.05. The number of likely N-dealkylation sites (tertiary alicyclic amines) is 1. The second-order valence-electron chi connectivity index (χ2n) is 5.32. The number of oxazole rings is 1. The van der Waals surface area contributed by atoms with Gasteiger partial charge >= 0.3 is 0 Å².